The molecule has 4 heterocycles. The molecule has 186 valence electrons. The van der Waals surface area contributed by atoms with E-state index in [2.05, 4.69) is 5.32 Å². The van der Waals surface area contributed by atoms with Crippen molar-refractivity contribution in [1.82, 2.24) is 14.8 Å². The summed E-state index contributed by atoms with van der Waals surface area (Å²) in [5.41, 5.74) is 2.02. The number of ether oxygens (including phenoxy) is 2. The number of nitrogens with one attached hydrogen (secondary N) is 1. The van der Waals surface area contributed by atoms with Gasteiger partial charge in [-0.1, -0.05) is 36.4 Å². The van der Waals surface area contributed by atoms with Gasteiger partial charge in [-0.15, -0.1) is 0 Å². The summed E-state index contributed by atoms with van der Waals surface area (Å²) in [7, 11) is 0. The van der Waals surface area contributed by atoms with Crippen LogP contribution in [0, 0.1) is 5.92 Å². The Balaban J connectivity index is 1.18. The molecule has 2 amide bonds. The van der Waals surface area contributed by atoms with Crippen molar-refractivity contribution in [1.29, 1.82) is 0 Å². The molecular formula is C27H33N3O5. The molecule has 8 nitrogen and oxygen atoms in total. The van der Waals surface area contributed by atoms with E-state index >= 15 is 0 Å². The molecule has 5 rings (SSSR count). The Labute approximate surface area is 205 Å². The highest BCUT2D eigenvalue weighted by atomic mass is 16.7. The topological polar surface area (TPSA) is 89.9 Å². The number of carbonyl (C=O) groups excluding carboxylic acids is 2. The number of aromatic nitrogens is 1. The van der Waals surface area contributed by atoms with Crippen molar-refractivity contribution in [3.8, 4) is 0 Å². The van der Waals surface area contributed by atoms with E-state index in [4.69, 9.17) is 9.47 Å². The molecule has 3 aliphatic rings. The number of amides is 2. The van der Waals surface area contributed by atoms with Crippen molar-refractivity contribution in [2.45, 2.75) is 63.5 Å². The first kappa shape index (κ1) is 23.8. The molecule has 0 unspecified atom stereocenters. The van der Waals surface area contributed by atoms with Gasteiger partial charge >= 0.3 is 0 Å². The molecule has 3 aliphatic heterocycles. The van der Waals surface area contributed by atoms with Gasteiger partial charge in [0.25, 0.3) is 5.56 Å². The number of rotatable bonds is 5. The minimum absolute atomic E-state index is 0.0153. The van der Waals surface area contributed by atoms with Gasteiger partial charge in [-0.05, 0) is 37.8 Å². The molecule has 0 saturated carbocycles. The Morgan fingerprint density at radius 3 is 2.63 bits per heavy atom. The summed E-state index contributed by atoms with van der Waals surface area (Å²) < 4.78 is 13.8. The highest BCUT2D eigenvalue weighted by molar-refractivity contribution is 5.84. The second-order valence-corrected chi connectivity index (χ2v) is 10.3. The fraction of sp³-hybridized carbons (Fsp3) is 0.519. The monoisotopic (exact) mass is 479 g/mol. The highest BCUT2D eigenvalue weighted by Gasteiger charge is 2.39. The van der Waals surface area contributed by atoms with E-state index in [1.54, 1.807) is 12.1 Å². The maximum absolute atomic E-state index is 13.0. The molecule has 8 heteroatoms. The van der Waals surface area contributed by atoms with Crippen molar-refractivity contribution in [3.63, 3.8) is 0 Å². The summed E-state index contributed by atoms with van der Waals surface area (Å²) in [6.45, 7) is 5.93. The van der Waals surface area contributed by atoms with Gasteiger partial charge in [-0.3, -0.25) is 14.4 Å². The van der Waals surface area contributed by atoms with Crippen LogP contribution in [0.25, 0.3) is 0 Å². The lowest BCUT2D eigenvalue weighted by atomic mass is 9.83. The van der Waals surface area contributed by atoms with E-state index in [1.165, 1.54) is 0 Å². The number of nitrogens with zero attached hydrogens (tertiary/aromatic N) is 2. The van der Waals surface area contributed by atoms with Crippen LogP contribution < -0.4 is 10.9 Å². The zero-order valence-electron chi connectivity index (χ0n) is 20.3. The van der Waals surface area contributed by atoms with E-state index < -0.39 is 5.79 Å². The predicted octanol–water partition coefficient (Wildman–Crippen LogP) is 2.58. The molecule has 0 spiro atoms. The molecular weight excluding hydrogens is 446 g/mol. The van der Waals surface area contributed by atoms with Gasteiger partial charge in [0.2, 0.25) is 11.8 Å². The Hall–Kier alpha value is -2.97. The minimum Gasteiger partial charge on any atom is -0.348 e. The molecule has 0 aliphatic carbocycles. The maximum atomic E-state index is 13.0. The Morgan fingerprint density at radius 2 is 1.83 bits per heavy atom. The average molecular weight is 480 g/mol. The van der Waals surface area contributed by atoms with Crippen molar-refractivity contribution in [3.05, 3.63) is 70.1 Å². The second kappa shape index (κ2) is 9.59. The largest absolute Gasteiger partial charge is 0.348 e. The summed E-state index contributed by atoms with van der Waals surface area (Å²) in [4.78, 5) is 39.9. The summed E-state index contributed by atoms with van der Waals surface area (Å²) in [5.74, 6) is -0.511. The third-order valence-corrected chi connectivity index (χ3v) is 7.26. The standard InChI is InChI=1S/C27H33N3O5/c1-27(2)34-17-21(26(35-27)19-7-4-3-5-8-19)28-23(31)11-12-24(32)29-14-18-13-20(16-29)22-9-6-10-25(33)30(22)15-18/h3-10,18,20-21,26H,11-17H2,1-2H3,(H,28,31)/t18-,20+,21+,26+/m1/s1. The number of carbonyl (C=O) groups is 2. The quantitative estimate of drug-likeness (QED) is 0.712. The number of hydrogen-bond donors (Lipinski definition) is 1. The lowest BCUT2D eigenvalue weighted by molar-refractivity contribution is -0.284. The van der Waals surface area contributed by atoms with E-state index in [0.29, 0.717) is 26.2 Å². The summed E-state index contributed by atoms with van der Waals surface area (Å²) in [6.07, 6.45) is 0.932. The van der Waals surface area contributed by atoms with Crippen LogP contribution in [-0.2, 0) is 25.6 Å². The fourth-order valence-corrected chi connectivity index (χ4v) is 5.62. The number of benzene rings is 1. The maximum Gasteiger partial charge on any atom is 0.250 e. The van der Waals surface area contributed by atoms with Crippen LogP contribution in [-0.4, -0.2) is 52.8 Å². The molecule has 0 radical (unpaired) electrons. The first-order valence-corrected chi connectivity index (χ1v) is 12.4. The van der Waals surface area contributed by atoms with Gasteiger partial charge in [-0.25, -0.2) is 0 Å². The molecule has 2 aromatic rings. The Morgan fingerprint density at radius 1 is 1.03 bits per heavy atom. The summed E-state index contributed by atoms with van der Waals surface area (Å²) in [6, 6.07) is 14.8. The van der Waals surface area contributed by atoms with Gasteiger partial charge in [0.1, 0.15) is 6.10 Å². The molecule has 35 heavy (non-hydrogen) atoms. The van der Waals surface area contributed by atoms with Crippen LogP contribution in [0.3, 0.4) is 0 Å². The number of fused-ring (bicyclic) bond motifs is 4. The molecule has 1 aromatic heterocycles. The van der Waals surface area contributed by atoms with Crippen molar-refractivity contribution in [2.75, 3.05) is 19.7 Å². The third kappa shape index (κ3) is 5.18. The van der Waals surface area contributed by atoms with Crippen LogP contribution >= 0.6 is 0 Å². The summed E-state index contributed by atoms with van der Waals surface area (Å²) in [5, 5.41) is 3.02. The third-order valence-electron chi connectivity index (χ3n) is 7.26. The van der Waals surface area contributed by atoms with Crippen molar-refractivity contribution < 1.29 is 19.1 Å². The van der Waals surface area contributed by atoms with Crippen molar-refractivity contribution in [2.24, 2.45) is 5.92 Å². The number of hydrogen-bond acceptors (Lipinski definition) is 5. The van der Waals surface area contributed by atoms with Gasteiger partial charge in [0, 0.05) is 50.2 Å². The van der Waals surface area contributed by atoms with E-state index in [0.717, 1.165) is 17.7 Å². The SMILES string of the molecule is CC1(C)OC[C@H](NC(=O)CCC(=O)N2C[C@H]3C[C@@H](C2)c2cccc(=O)n2C3)[C@H](c2ccccc2)O1. The van der Waals surface area contributed by atoms with Crippen LogP contribution in [0.15, 0.2) is 53.3 Å². The van der Waals surface area contributed by atoms with Gasteiger partial charge in [0.15, 0.2) is 5.79 Å². The van der Waals surface area contributed by atoms with E-state index in [1.807, 2.05) is 59.7 Å². The minimum atomic E-state index is -0.742. The van der Waals surface area contributed by atoms with Gasteiger partial charge in [0.05, 0.1) is 12.6 Å². The Bertz CT molecular complexity index is 1150. The van der Waals surface area contributed by atoms with Crippen LogP contribution in [0.4, 0.5) is 0 Å². The molecule has 1 aromatic carbocycles. The molecule has 1 N–H and O–H groups in total. The van der Waals surface area contributed by atoms with Crippen LogP contribution in [0.5, 0.6) is 0 Å². The normalized spacial score (nSPS) is 27.1. The zero-order valence-corrected chi connectivity index (χ0v) is 20.3. The van der Waals surface area contributed by atoms with E-state index in [-0.39, 0.29) is 54.2 Å². The average Bonchev–Trinajstić information content (AvgIpc) is 2.84. The lowest BCUT2D eigenvalue weighted by Gasteiger charge is -2.43. The van der Waals surface area contributed by atoms with Crippen molar-refractivity contribution >= 4 is 11.8 Å². The molecule has 2 saturated heterocycles. The van der Waals surface area contributed by atoms with Crippen LogP contribution in [0.1, 0.15) is 56.4 Å². The first-order chi connectivity index (χ1) is 16.8. The number of pyridine rings is 1. The predicted molar refractivity (Wildman–Crippen MR) is 130 cm³/mol. The van der Waals surface area contributed by atoms with E-state index in [9.17, 15) is 14.4 Å². The fourth-order valence-electron chi connectivity index (χ4n) is 5.62. The first-order valence-electron chi connectivity index (χ1n) is 12.4. The van der Waals surface area contributed by atoms with Gasteiger partial charge in [-0.2, -0.15) is 0 Å². The lowest BCUT2D eigenvalue weighted by Crippen LogP contribution is -2.52. The van der Waals surface area contributed by atoms with Gasteiger partial charge < -0.3 is 24.3 Å². The molecule has 2 bridgehead atoms. The number of piperidine rings is 1. The smallest absolute Gasteiger partial charge is 0.250 e. The zero-order chi connectivity index (χ0) is 24.6. The van der Waals surface area contributed by atoms with Crippen LogP contribution in [0.2, 0.25) is 0 Å². The second-order valence-electron chi connectivity index (χ2n) is 10.3. The summed E-state index contributed by atoms with van der Waals surface area (Å²) >= 11 is 0. The molecule has 4 atom stereocenters. The molecule has 2 fully saturated rings. The highest BCUT2D eigenvalue weighted by Crippen LogP contribution is 2.35. The Kier molecular flexibility index (Phi) is 6.51. The number of likely N-dealkylation sites (tertiary alicyclic amines) is 1.